The van der Waals surface area contributed by atoms with Crippen LogP contribution in [0, 0.1) is 23.7 Å². The molecule has 0 aliphatic heterocycles. The molecule has 0 aromatic carbocycles. The first-order valence-electron chi connectivity index (χ1n) is 11.0. The van der Waals surface area contributed by atoms with Crippen LogP contribution in [0.4, 0.5) is 5.82 Å². The molecule has 2 N–H and O–H groups in total. The van der Waals surface area contributed by atoms with E-state index in [0.29, 0.717) is 17.9 Å². The Balaban J connectivity index is 1.50. The van der Waals surface area contributed by atoms with Crippen LogP contribution >= 0.6 is 0 Å². The summed E-state index contributed by atoms with van der Waals surface area (Å²) in [6, 6.07) is 8.31. The normalized spacial score (nSPS) is 19.9. The lowest BCUT2D eigenvalue weighted by atomic mass is 9.80. The van der Waals surface area contributed by atoms with E-state index >= 15 is 0 Å². The van der Waals surface area contributed by atoms with Crippen molar-refractivity contribution in [3.63, 3.8) is 0 Å². The molecule has 1 aliphatic rings. The molecule has 0 bridgehead atoms. The molecular weight excluding hydrogens is 416 g/mol. The van der Waals surface area contributed by atoms with Gasteiger partial charge in [0.1, 0.15) is 17.6 Å². The van der Waals surface area contributed by atoms with Gasteiger partial charge in [0.25, 0.3) is 5.91 Å². The molecule has 0 unspecified atom stereocenters. The third-order valence-electron chi connectivity index (χ3n) is 6.08. The van der Waals surface area contributed by atoms with Crippen LogP contribution in [0.5, 0.6) is 5.75 Å². The summed E-state index contributed by atoms with van der Waals surface area (Å²) in [5.74, 6) is 3.23. The number of carbonyl (C=O) groups excluding carboxylic acids is 1. The minimum absolute atomic E-state index is 0.264. The first-order valence-corrected chi connectivity index (χ1v) is 11.0. The molecule has 33 heavy (non-hydrogen) atoms. The van der Waals surface area contributed by atoms with Gasteiger partial charge in [0.2, 0.25) is 0 Å². The number of rotatable bonds is 6. The molecule has 0 atom stereocenters. The Hall–Kier alpha value is -4.04. The first kappa shape index (κ1) is 22.2. The Morgan fingerprint density at radius 1 is 1.36 bits per heavy atom. The molecular formula is C25H26N6O2. The number of fused-ring (bicyclic) bond motifs is 1. The molecule has 0 radical (unpaired) electrons. The van der Waals surface area contributed by atoms with Gasteiger partial charge in [-0.05, 0) is 63.7 Å². The molecule has 8 heteroatoms. The molecule has 1 amide bonds. The monoisotopic (exact) mass is 442 g/mol. The molecule has 3 aromatic rings. The van der Waals surface area contributed by atoms with Crippen LogP contribution in [0.25, 0.3) is 16.6 Å². The van der Waals surface area contributed by atoms with Crippen molar-refractivity contribution < 1.29 is 9.53 Å². The molecule has 1 saturated carbocycles. The van der Waals surface area contributed by atoms with E-state index in [4.69, 9.17) is 11.2 Å². The van der Waals surface area contributed by atoms with Gasteiger partial charge in [-0.3, -0.25) is 4.79 Å². The van der Waals surface area contributed by atoms with Crippen molar-refractivity contribution in [2.24, 2.45) is 0 Å². The van der Waals surface area contributed by atoms with E-state index < -0.39 is 0 Å². The highest BCUT2D eigenvalue weighted by atomic mass is 16.5. The third kappa shape index (κ3) is 4.75. The van der Waals surface area contributed by atoms with Crippen molar-refractivity contribution in [3.05, 3.63) is 42.4 Å². The lowest BCUT2D eigenvalue weighted by Crippen LogP contribution is -2.49. The summed E-state index contributed by atoms with van der Waals surface area (Å²) in [4.78, 5) is 16.2. The highest BCUT2D eigenvalue weighted by Crippen LogP contribution is 2.32. The minimum atomic E-state index is -0.360. The van der Waals surface area contributed by atoms with E-state index in [1.165, 1.54) is 0 Å². The van der Waals surface area contributed by atoms with Crippen molar-refractivity contribution in [2.75, 3.05) is 11.9 Å². The minimum Gasteiger partial charge on any atom is -0.492 e. The van der Waals surface area contributed by atoms with Crippen LogP contribution in [0.2, 0.25) is 0 Å². The Morgan fingerprint density at radius 2 is 2.15 bits per heavy atom. The summed E-state index contributed by atoms with van der Waals surface area (Å²) >= 11 is 0. The number of hydrogen-bond donors (Lipinski definition) is 2. The molecule has 8 nitrogen and oxygen atoms in total. The summed E-state index contributed by atoms with van der Waals surface area (Å²) in [5.41, 5.74) is 2.67. The summed E-state index contributed by atoms with van der Waals surface area (Å²) in [6.07, 6.45) is 13.8. The number of ether oxygens (including phenoxy) is 1. The number of terminal acetylenes is 1. The predicted molar refractivity (Wildman–Crippen MR) is 126 cm³/mol. The second-order valence-corrected chi connectivity index (χ2v) is 8.50. The van der Waals surface area contributed by atoms with E-state index in [9.17, 15) is 10.1 Å². The maximum atomic E-state index is 11.6. The Labute approximate surface area is 193 Å². The van der Waals surface area contributed by atoms with Gasteiger partial charge in [-0.25, -0.2) is 9.50 Å². The van der Waals surface area contributed by atoms with E-state index in [1.807, 2.05) is 32.0 Å². The molecule has 168 valence electrons. The Bertz CT molecular complexity index is 1240. The number of amides is 1. The third-order valence-corrected chi connectivity index (χ3v) is 6.08. The predicted octanol–water partition coefficient (Wildman–Crippen LogP) is 3.53. The standard InChI is InChI=1S/C25H26N6O2/c1-4-23(32)30-25(3)10-8-19(9-11-25)29-22-7-6-17(14-27-22)21-12-20(33-5-2)16-31-24(21)18(13-26)15-28-31/h1,6-7,12,14-16,19H,5,8-11H2,2-3H3,(H,27,29)(H,30,32). The summed E-state index contributed by atoms with van der Waals surface area (Å²) in [6.45, 7) is 4.49. The zero-order valence-electron chi connectivity index (χ0n) is 18.8. The summed E-state index contributed by atoms with van der Waals surface area (Å²) < 4.78 is 7.35. The van der Waals surface area contributed by atoms with E-state index in [1.54, 1.807) is 23.1 Å². The summed E-state index contributed by atoms with van der Waals surface area (Å²) in [7, 11) is 0. The number of anilines is 1. The fraction of sp³-hybridized carbons (Fsp3) is 0.360. The van der Waals surface area contributed by atoms with Gasteiger partial charge in [-0.15, -0.1) is 6.42 Å². The van der Waals surface area contributed by atoms with E-state index in [2.05, 4.69) is 32.7 Å². The van der Waals surface area contributed by atoms with Crippen LogP contribution < -0.4 is 15.4 Å². The highest BCUT2D eigenvalue weighted by molar-refractivity contribution is 5.93. The average molecular weight is 443 g/mol. The van der Waals surface area contributed by atoms with Crippen LogP contribution in [0.15, 0.2) is 36.8 Å². The van der Waals surface area contributed by atoms with Gasteiger partial charge in [-0.1, -0.05) is 0 Å². The SMILES string of the molecule is C#CC(=O)NC1(C)CCC(Nc2ccc(-c3cc(OCC)cn4ncc(C#N)c34)cn2)CC1. The molecule has 3 heterocycles. The van der Waals surface area contributed by atoms with Gasteiger partial charge >= 0.3 is 0 Å². The van der Waals surface area contributed by atoms with E-state index in [0.717, 1.165) is 48.1 Å². The average Bonchev–Trinajstić information content (AvgIpc) is 3.24. The largest absolute Gasteiger partial charge is 0.492 e. The van der Waals surface area contributed by atoms with Gasteiger partial charge < -0.3 is 15.4 Å². The fourth-order valence-corrected chi connectivity index (χ4v) is 4.33. The quantitative estimate of drug-likeness (QED) is 0.566. The van der Waals surface area contributed by atoms with Crippen molar-refractivity contribution in [3.8, 4) is 35.3 Å². The number of aromatic nitrogens is 3. The van der Waals surface area contributed by atoms with Crippen LogP contribution in [-0.4, -0.2) is 38.7 Å². The topological polar surface area (TPSA) is 104 Å². The number of nitriles is 1. The lowest BCUT2D eigenvalue weighted by molar-refractivity contribution is -0.117. The van der Waals surface area contributed by atoms with Crippen LogP contribution in [0.1, 0.15) is 45.1 Å². The number of nitrogens with one attached hydrogen (secondary N) is 2. The van der Waals surface area contributed by atoms with Crippen molar-refractivity contribution in [1.82, 2.24) is 19.9 Å². The second-order valence-electron chi connectivity index (χ2n) is 8.50. The van der Waals surface area contributed by atoms with E-state index in [-0.39, 0.29) is 17.5 Å². The van der Waals surface area contributed by atoms with Crippen molar-refractivity contribution in [1.29, 1.82) is 5.26 Å². The number of pyridine rings is 2. The van der Waals surface area contributed by atoms with Crippen LogP contribution in [0.3, 0.4) is 0 Å². The maximum Gasteiger partial charge on any atom is 0.296 e. The maximum absolute atomic E-state index is 11.6. The molecule has 1 fully saturated rings. The molecule has 0 spiro atoms. The molecule has 0 saturated heterocycles. The highest BCUT2D eigenvalue weighted by Gasteiger charge is 2.32. The van der Waals surface area contributed by atoms with Gasteiger partial charge in [0, 0.05) is 28.9 Å². The molecule has 1 aliphatic carbocycles. The summed E-state index contributed by atoms with van der Waals surface area (Å²) in [5, 5.41) is 20.2. The smallest absolute Gasteiger partial charge is 0.296 e. The second kappa shape index (κ2) is 9.22. The number of nitrogens with zero attached hydrogens (tertiary/aromatic N) is 4. The first-order chi connectivity index (χ1) is 15.9. The van der Waals surface area contributed by atoms with Crippen LogP contribution in [-0.2, 0) is 4.79 Å². The van der Waals surface area contributed by atoms with Crippen molar-refractivity contribution in [2.45, 2.75) is 51.1 Å². The zero-order valence-corrected chi connectivity index (χ0v) is 18.8. The fourth-order valence-electron chi connectivity index (χ4n) is 4.33. The van der Waals surface area contributed by atoms with Gasteiger partial charge in [0.05, 0.1) is 30.1 Å². The zero-order chi connectivity index (χ0) is 23.4. The Kier molecular flexibility index (Phi) is 6.19. The Morgan fingerprint density at radius 3 is 2.79 bits per heavy atom. The number of carbonyl (C=O) groups is 1. The molecule has 4 rings (SSSR count). The van der Waals surface area contributed by atoms with Gasteiger partial charge in [0.15, 0.2) is 0 Å². The van der Waals surface area contributed by atoms with Crippen molar-refractivity contribution >= 4 is 17.2 Å². The molecule has 3 aromatic heterocycles. The van der Waals surface area contributed by atoms with Gasteiger partial charge in [-0.2, -0.15) is 10.4 Å². The number of hydrogen-bond acceptors (Lipinski definition) is 6. The lowest BCUT2D eigenvalue weighted by Gasteiger charge is -2.38.